The summed E-state index contributed by atoms with van der Waals surface area (Å²) in [5, 5.41) is 9.46. The van der Waals surface area contributed by atoms with Crippen molar-refractivity contribution in [2.75, 3.05) is 7.11 Å². The Hall–Kier alpha value is -4.39. The van der Waals surface area contributed by atoms with Gasteiger partial charge in [-0.25, -0.2) is 22.8 Å². The molecule has 4 nitrogen and oxygen atoms in total. The van der Waals surface area contributed by atoms with Gasteiger partial charge in [-0.2, -0.15) is 0 Å². The molecule has 0 bridgehead atoms. The Balaban J connectivity index is 0.000000395. The molecule has 0 amide bonds. The average Bonchev–Trinajstić information content (AvgIpc) is 2.92. The molecule has 0 saturated carbocycles. The lowest BCUT2D eigenvalue weighted by molar-refractivity contribution is 0.0175. The van der Waals surface area contributed by atoms with Crippen LogP contribution in [0.5, 0.6) is 0 Å². The summed E-state index contributed by atoms with van der Waals surface area (Å²) in [6, 6.07) is 22.3. The van der Waals surface area contributed by atoms with E-state index in [4.69, 9.17) is 4.74 Å². The van der Waals surface area contributed by atoms with Gasteiger partial charge in [-0.1, -0.05) is 55.5 Å². The number of methoxy groups -OCH3 is 1. The third kappa shape index (κ3) is 7.35. The molecule has 0 spiro atoms. The zero-order chi connectivity index (χ0) is 28.7. The molecule has 4 aromatic rings. The minimum Gasteiger partial charge on any atom is -0.478 e. The number of alkyl halides is 2. The second-order valence-corrected chi connectivity index (χ2v) is 9.04. The molecule has 0 heterocycles. The fraction of sp³-hybridized carbons (Fsp3) is 0.188. The summed E-state index contributed by atoms with van der Waals surface area (Å²) in [6.45, 7) is 4.71. The Labute approximate surface area is 225 Å². The molecule has 0 aliphatic carbocycles. The van der Waals surface area contributed by atoms with E-state index in [2.05, 4.69) is 0 Å². The molecule has 202 valence electrons. The third-order valence-electron chi connectivity index (χ3n) is 6.20. The topological polar surface area (TPSA) is 63.6 Å². The maximum atomic E-state index is 13.9. The molecule has 0 aliphatic heterocycles. The van der Waals surface area contributed by atoms with Gasteiger partial charge in [0.15, 0.2) is 0 Å². The van der Waals surface area contributed by atoms with Gasteiger partial charge in [-0.3, -0.25) is 0 Å². The molecule has 4 aromatic carbocycles. The van der Waals surface area contributed by atoms with Crippen molar-refractivity contribution >= 4 is 11.9 Å². The summed E-state index contributed by atoms with van der Waals surface area (Å²) in [5.74, 6) is -5.02. The van der Waals surface area contributed by atoms with E-state index in [-0.39, 0.29) is 22.5 Å². The first-order chi connectivity index (χ1) is 18.4. The minimum atomic E-state index is -3.00. The number of carbonyl (C=O) groups excluding carboxylic acids is 1. The number of aromatic carboxylic acids is 1. The van der Waals surface area contributed by atoms with Crippen molar-refractivity contribution in [3.05, 3.63) is 119 Å². The average molecular weight is 535 g/mol. The number of benzene rings is 4. The Morgan fingerprint density at radius 3 is 2.03 bits per heavy atom. The number of carbonyl (C=O) groups is 2. The van der Waals surface area contributed by atoms with Gasteiger partial charge >= 0.3 is 11.9 Å². The Bertz CT molecular complexity index is 1470. The van der Waals surface area contributed by atoms with Crippen LogP contribution in [0, 0.1) is 12.7 Å². The molecule has 0 aliphatic rings. The summed E-state index contributed by atoms with van der Waals surface area (Å²) in [7, 11) is 1.21. The van der Waals surface area contributed by atoms with Crippen molar-refractivity contribution in [1.82, 2.24) is 0 Å². The van der Waals surface area contributed by atoms with E-state index in [1.807, 2.05) is 13.8 Å². The number of halogens is 3. The Kier molecular flexibility index (Phi) is 9.30. The molecule has 0 atom stereocenters. The van der Waals surface area contributed by atoms with Gasteiger partial charge < -0.3 is 9.84 Å². The zero-order valence-electron chi connectivity index (χ0n) is 22.1. The van der Waals surface area contributed by atoms with Gasteiger partial charge in [0.25, 0.3) is 5.92 Å². The lowest BCUT2D eigenvalue weighted by Gasteiger charge is -2.17. The molecule has 0 radical (unpaired) electrons. The third-order valence-corrected chi connectivity index (χ3v) is 6.20. The van der Waals surface area contributed by atoms with Crippen LogP contribution in [-0.2, 0) is 17.1 Å². The lowest BCUT2D eigenvalue weighted by atomic mass is 9.89. The summed E-state index contributed by atoms with van der Waals surface area (Å²) in [4.78, 5) is 23.6. The summed E-state index contributed by atoms with van der Waals surface area (Å²) >= 11 is 0. The van der Waals surface area contributed by atoms with Crippen LogP contribution < -0.4 is 0 Å². The number of esters is 1. The van der Waals surface area contributed by atoms with Crippen LogP contribution in [0.15, 0.2) is 84.9 Å². The maximum absolute atomic E-state index is 13.9. The molecule has 0 saturated heterocycles. The van der Waals surface area contributed by atoms with E-state index < -0.39 is 17.9 Å². The van der Waals surface area contributed by atoms with E-state index in [1.54, 1.807) is 42.5 Å². The quantitative estimate of drug-likeness (QED) is 0.253. The van der Waals surface area contributed by atoms with E-state index in [0.717, 1.165) is 18.9 Å². The molecular weight excluding hydrogens is 505 g/mol. The van der Waals surface area contributed by atoms with Gasteiger partial charge in [-0.15, -0.1) is 0 Å². The number of rotatable bonds is 6. The fourth-order valence-corrected chi connectivity index (χ4v) is 4.02. The molecule has 0 unspecified atom stereocenters. The van der Waals surface area contributed by atoms with Crippen LogP contribution in [-0.4, -0.2) is 24.2 Å². The SMILES string of the molecule is CCc1ccc(F)cc1.COC(=O)c1cc(C(=O)O)cc(-c2ccccc2-c2cc(C(C)(F)F)ccc2C)c1. The summed E-state index contributed by atoms with van der Waals surface area (Å²) in [6.07, 6.45) is 0.972. The van der Waals surface area contributed by atoms with Crippen molar-refractivity contribution in [1.29, 1.82) is 0 Å². The monoisotopic (exact) mass is 534 g/mol. The predicted molar refractivity (Wildman–Crippen MR) is 146 cm³/mol. The highest BCUT2D eigenvalue weighted by molar-refractivity contribution is 5.98. The highest BCUT2D eigenvalue weighted by atomic mass is 19.3. The Morgan fingerprint density at radius 1 is 0.846 bits per heavy atom. The van der Waals surface area contributed by atoms with Gasteiger partial charge in [0, 0.05) is 12.5 Å². The van der Waals surface area contributed by atoms with Crippen molar-refractivity contribution in [2.45, 2.75) is 33.1 Å². The van der Waals surface area contributed by atoms with Crippen LogP contribution in [0.3, 0.4) is 0 Å². The normalized spacial score (nSPS) is 10.8. The summed E-state index contributed by atoms with van der Waals surface area (Å²) in [5.41, 5.74) is 4.21. The fourth-order valence-electron chi connectivity index (χ4n) is 4.02. The first-order valence-electron chi connectivity index (χ1n) is 12.2. The highest BCUT2D eigenvalue weighted by Crippen LogP contribution is 2.38. The van der Waals surface area contributed by atoms with Crippen LogP contribution >= 0.6 is 0 Å². The standard InChI is InChI=1S/C24H20F2O4.C8H9F/c1-14-8-9-18(24(2,25)26)13-21(14)20-7-5-4-6-19(20)15-10-16(22(27)28)12-17(11-15)23(29)30-3;1-2-7-3-5-8(9)6-4-7/h4-13H,1-3H3,(H,27,28);3-6H,2H2,1H3. The number of aryl methyl sites for hydroxylation is 2. The first kappa shape index (κ1) is 29.2. The van der Waals surface area contributed by atoms with Crippen LogP contribution in [0.1, 0.15) is 51.3 Å². The largest absolute Gasteiger partial charge is 0.478 e. The van der Waals surface area contributed by atoms with Gasteiger partial charge in [0.1, 0.15) is 5.82 Å². The molecule has 39 heavy (non-hydrogen) atoms. The van der Waals surface area contributed by atoms with E-state index in [1.165, 1.54) is 55.1 Å². The number of carboxylic acids is 1. The molecule has 0 aromatic heterocycles. The number of carboxylic acid groups (broad SMARTS) is 1. The molecule has 7 heteroatoms. The van der Waals surface area contributed by atoms with Gasteiger partial charge in [0.05, 0.1) is 18.2 Å². The number of ether oxygens (including phenoxy) is 1. The molecule has 0 fully saturated rings. The molecule has 4 rings (SSSR count). The maximum Gasteiger partial charge on any atom is 0.337 e. The second-order valence-electron chi connectivity index (χ2n) is 9.04. The lowest BCUT2D eigenvalue weighted by Crippen LogP contribution is -2.07. The van der Waals surface area contributed by atoms with Crippen molar-refractivity contribution < 1.29 is 32.6 Å². The van der Waals surface area contributed by atoms with Gasteiger partial charge in [0.2, 0.25) is 0 Å². The van der Waals surface area contributed by atoms with Crippen LogP contribution in [0.4, 0.5) is 13.2 Å². The van der Waals surface area contributed by atoms with E-state index in [9.17, 15) is 27.9 Å². The number of hydrogen-bond donors (Lipinski definition) is 1. The minimum absolute atomic E-state index is 0.0757. The smallest absolute Gasteiger partial charge is 0.337 e. The zero-order valence-corrected chi connectivity index (χ0v) is 22.1. The molecule has 1 N–H and O–H groups in total. The van der Waals surface area contributed by atoms with Gasteiger partial charge in [-0.05, 0) is 83.1 Å². The predicted octanol–water partition coefficient (Wildman–Crippen LogP) is 8.31. The highest BCUT2D eigenvalue weighted by Gasteiger charge is 2.25. The van der Waals surface area contributed by atoms with Crippen LogP contribution in [0.25, 0.3) is 22.3 Å². The van der Waals surface area contributed by atoms with Crippen LogP contribution in [0.2, 0.25) is 0 Å². The molecular formula is C32H29F3O4. The first-order valence-corrected chi connectivity index (χ1v) is 12.2. The Morgan fingerprint density at radius 2 is 1.46 bits per heavy atom. The second kappa shape index (κ2) is 12.4. The van der Waals surface area contributed by atoms with Crippen molar-refractivity contribution in [3.63, 3.8) is 0 Å². The summed E-state index contributed by atoms with van der Waals surface area (Å²) < 4.78 is 44.8. The van der Waals surface area contributed by atoms with Crippen molar-refractivity contribution in [3.8, 4) is 22.3 Å². The van der Waals surface area contributed by atoms with Crippen molar-refractivity contribution in [2.24, 2.45) is 0 Å². The number of hydrogen-bond acceptors (Lipinski definition) is 3. The van der Waals surface area contributed by atoms with E-state index >= 15 is 0 Å². The van der Waals surface area contributed by atoms with E-state index in [0.29, 0.717) is 22.3 Å².